The number of benzene rings is 1. The molecular formula is C35H53N5O8S. The maximum Gasteiger partial charge on any atom is 0.407 e. The molecule has 14 heteroatoms. The maximum absolute atomic E-state index is 13.8. The second-order valence-corrected chi connectivity index (χ2v) is 14.8. The first-order valence-electron chi connectivity index (χ1n) is 16.7. The summed E-state index contributed by atoms with van der Waals surface area (Å²) in [5.41, 5.74) is 3.71. The average Bonchev–Trinajstić information content (AvgIpc) is 3.69. The first-order valence-corrected chi connectivity index (χ1v) is 17.6. The average molecular weight is 704 g/mol. The van der Waals surface area contributed by atoms with E-state index in [0.717, 1.165) is 21.7 Å². The largest absolute Gasteiger partial charge is 0.444 e. The second-order valence-electron chi connectivity index (χ2n) is 13.9. The molecule has 1 aromatic carbocycles. The summed E-state index contributed by atoms with van der Waals surface area (Å²) in [6.07, 6.45) is 0.768. The van der Waals surface area contributed by atoms with Crippen LogP contribution in [-0.2, 0) is 39.9 Å². The van der Waals surface area contributed by atoms with Gasteiger partial charge >= 0.3 is 6.09 Å². The molecule has 1 aromatic heterocycles. The van der Waals surface area contributed by atoms with Crippen LogP contribution in [0.15, 0.2) is 29.8 Å². The molecule has 4 amide bonds. The van der Waals surface area contributed by atoms with Crippen LogP contribution in [0.4, 0.5) is 4.79 Å². The third kappa shape index (κ3) is 13.7. The summed E-state index contributed by atoms with van der Waals surface area (Å²) in [5.74, 6) is -0.919. The van der Waals surface area contributed by atoms with Crippen molar-refractivity contribution in [3.8, 4) is 10.4 Å². The van der Waals surface area contributed by atoms with E-state index in [1.54, 1.807) is 37.0 Å². The molecule has 2 heterocycles. The van der Waals surface area contributed by atoms with Gasteiger partial charge in [-0.25, -0.2) is 9.78 Å². The highest BCUT2D eigenvalue weighted by Gasteiger charge is 2.41. The molecule has 2 aromatic rings. The summed E-state index contributed by atoms with van der Waals surface area (Å²) in [5, 5.41) is 8.44. The number of likely N-dealkylation sites (tertiary alicyclic amines) is 1. The van der Waals surface area contributed by atoms with Crippen LogP contribution >= 0.6 is 11.3 Å². The number of amides is 4. The van der Waals surface area contributed by atoms with Crippen molar-refractivity contribution in [3.05, 3.63) is 41.0 Å². The van der Waals surface area contributed by atoms with Crippen LogP contribution in [-0.4, -0.2) is 104 Å². The van der Waals surface area contributed by atoms with Gasteiger partial charge < -0.3 is 39.8 Å². The second kappa shape index (κ2) is 19.0. The van der Waals surface area contributed by atoms with Gasteiger partial charge in [-0.1, -0.05) is 45.0 Å². The Morgan fingerprint density at radius 2 is 1.59 bits per heavy atom. The smallest absolute Gasteiger partial charge is 0.407 e. The fourth-order valence-electron chi connectivity index (χ4n) is 5.12. The lowest BCUT2D eigenvalue weighted by Gasteiger charge is -2.35. The summed E-state index contributed by atoms with van der Waals surface area (Å²) < 4.78 is 21.5. The zero-order valence-corrected chi connectivity index (χ0v) is 30.7. The van der Waals surface area contributed by atoms with Gasteiger partial charge in [0.2, 0.25) is 17.7 Å². The Balaban J connectivity index is 1.36. The van der Waals surface area contributed by atoms with E-state index in [1.807, 2.05) is 57.5 Å². The maximum atomic E-state index is 13.8. The van der Waals surface area contributed by atoms with Crippen LogP contribution in [0.5, 0.6) is 0 Å². The van der Waals surface area contributed by atoms with Crippen molar-refractivity contribution in [2.75, 3.05) is 52.7 Å². The molecule has 0 bridgehead atoms. The lowest BCUT2D eigenvalue weighted by molar-refractivity contribution is -0.144. The normalized spacial score (nSPS) is 15.5. The first kappa shape index (κ1) is 39.8. The Morgan fingerprint density at radius 1 is 0.939 bits per heavy atom. The molecular weight excluding hydrogens is 650 g/mol. The summed E-state index contributed by atoms with van der Waals surface area (Å²) in [6, 6.07) is 6.57. The van der Waals surface area contributed by atoms with Crippen molar-refractivity contribution in [1.82, 2.24) is 25.8 Å². The third-order valence-electron chi connectivity index (χ3n) is 7.58. The van der Waals surface area contributed by atoms with Gasteiger partial charge in [-0.3, -0.25) is 14.4 Å². The van der Waals surface area contributed by atoms with E-state index in [0.29, 0.717) is 52.3 Å². The van der Waals surface area contributed by atoms with Crippen molar-refractivity contribution in [2.45, 2.75) is 85.5 Å². The summed E-state index contributed by atoms with van der Waals surface area (Å²) in [7, 11) is 0. The molecule has 1 fully saturated rings. The van der Waals surface area contributed by atoms with Gasteiger partial charge in [-0.05, 0) is 57.1 Å². The molecule has 13 nitrogen and oxygen atoms in total. The highest BCUT2D eigenvalue weighted by Crippen LogP contribution is 2.28. The van der Waals surface area contributed by atoms with Gasteiger partial charge in [0.1, 0.15) is 24.3 Å². The Bertz CT molecular complexity index is 1370. The van der Waals surface area contributed by atoms with E-state index in [2.05, 4.69) is 20.9 Å². The van der Waals surface area contributed by atoms with Crippen LogP contribution in [0, 0.1) is 12.3 Å². The number of carbonyl (C=O) groups is 4. The minimum atomic E-state index is -0.835. The number of hydrogen-bond donors (Lipinski definition) is 3. The molecule has 0 spiro atoms. The molecule has 3 N–H and O–H groups in total. The number of carbonyl (C=O) groups excluding carboxylic acids is 4. The Morgan fingerprint density at radius 3 is 2.20 bits per heavy atom. The highest BCUT2D eigenvalue weighted by molar-refractivity contribution is 7.13. The number of nitrogens with one attached hydrogen (secondary N) is 3. The van der Waals surface area contributed by atoms with E-state index in [9.17, 15) is 19.2 Å². The van der Waals surface area contributed by atoms with Crippen molar-refractivity contribution >= 4 is 35.2 Å². The Labute approximate surface area is 293 Å². The molecule has 49 heavy (non-hydrogen) atoms. The summed E-state index contributed by atoms with van der Waals surface area (Å²) in [4.78, 5) is 58.4. The van der Waals surface area contributed by atoms with Gasteiger partial charge in [0.25, 0.3) is 0 Å². The quantitative estimate of drug-likeness (QED) is 0.208. The van der Waals surface area contributed by atoms with Crippen molar-refractivity contribution in [3.63, 3.8) is 0 Å². The number of alkyl carbamates (subject to hydrolysis) is 1. The van der Waals surface area contributed by atoms with E-state index in [4.69, 9.17) is 18.9 Å². The van der Waals surface area contributed by atoms with E-state index >= 15 is 0 Å². The van der Waals surface area contributed by atoms with Crippen LogP contribution in [0.25, 0.3) is 10.4 Å². The molecule has 0 unspecified atom stereocenters. The molecule has 0 saturated carbocycles. The SMILES string of the molecule is Cc1ncsc1-c1ccc(CNC(=O)[C@@H]2CCCN2C(=O)[C@@H](NC(=O)COCCOCCOCCNC(=O)OC(C)(C)C)C(C)(C)C)cc1. The molecule has 0 aliphatic carbocycles. The Hall–Kier alpha value is -3.59. The van der Waals surface area contributed by atoms with Gasteiger partial charge in [0, 0.05) is 19.6 Å². The number of aryl methyl sites for hydroxylation is 1. The van der Waals surface area contributed by atoms with Crippen molar-refractivity contribution in [1.29, 1.82) is 0 Å². The number of aromatic nitrogens is 1. The zero-order valence-electron chi connectivity index (χ0n) is 29.9. The van der Waals surface area contributed by atoms with Gasteiger partial charge in [0.05, 0.1) is 49.1 Å². The number of hydrogen-bond acceptors (Lipinski definition) is 10. The van der Waals surface area contributed by atoms with Crippen LogP contribution in [0.1, 0.15) is 65.6 Å². The van der Waals surface area contributed by atoms with E-state index < -0.39 is 35.1 Å². The van der Waals surface area contributed by atoms with Crippen LogP contribution in [0.3, 0.4) is 0 Å². The minimum Gasteiger partial charge on any atom is -0.444 e. The number of ether oxygens (including phenoxy) is 4. The predicted octanol–water partition coefficient (Wildman–Crippen LogP) is 3.83. The van der Waals surface area contributed by atoms with E-state index in [-0.39, 0.29) is 31.6 Å². The Kier molecular flexibility index (Phi) is 15.4. The van der Waals surface area contributed by atoms with E-state index in [1.165, 1.54) is 0 Å². The lowest BCUT2D eigenvalue weighted by Crippen LogP contribution is -2.58. The van der Waals surface area contributed by atoms with Crippen molar-refractivity contribution < 1.29 is 38.1 Å². The van der Waals surface area contributed by atoms with Gasteiger partial charge in [0.15, 0.2) is 0 Å². The molecule has 2 atom stereocenters. The molecule has 0 radical (unpaired) electrons. The number of rotatable bonds is 17. The summed E-state index contributed by atoms with van der Waals surface area (Å²) >= 11 is 1.59. The van der Waals surface area contributed by atoms with Gasteiger partial charge in [-0.15, -0.1) is 11.3 Å². The fourth-order valence-corrected chi connectivity index (χ4v) is 5.94. The minimum absolute atomic E-state index is 0.184. The summed E-state index contributed by atoms with van der Waals surface area (Å²) in [6.45, 7) is 15.3. The number of thiazole rings is 1. The number of nitrogens with zero attached hydrogens (tertiary/aromatic N) is 2. The molecule has 3 rings (SSSR count). The first-order chi connectivity index (χ1) is 23.2. The topological polar surface area (TPSA) is 157 Å². The predicted molar refractivity (Wildman–Crippen MR) is 187 cm³/mol. The standard InChI is InChI=1S/C35H53N5O8S/c1-24-29(49-23-38-24)26-12-10-25(11-13-26)21-37-31(42)27-9-8-15-40(27)32(43)30(34(2,3)4)39-28(41)22-47-20-19-46-18-17-45-16-14-36-33(44)48-35(5,6)7/h10-13,23,27,30H,8-9,14-22H2,1-7H3,(H,36,44)(H,37,42)(H,39,41)/t27-,30+/m0/s1. The molecule has 272 valence electrons. The molecule has 1 aliphatic rings. The monoisotopic (exact) mass is 703 g/mol. The van der Waals surface area contributed by atoms with Gasteiger partial charge in [-0.2, -0.15) is 0 Å². The molecule has 1 aliphatic heterocycles. The third-order valence-corrected chi connectivity index (χ3v) is 8.55. The molecule has 1 saturated heterocycles. The lowest BCUT2D eigenvalue weighted by atomic mass is 9.85. The van der Waals surface area contributed by atoms with Crippen LogP contribution in [0.2, 0.25) is 0 Å². The van der Waals surface area contributed by atoms with Crippen molar-refractivity contribution in [2.24, 2.45) is 5.41 Å². The highest BCUT2D eigenvalue weighted by atomic mass is 32.1. The fraction of sp³-hybridized carbons (Fsp3) is 0.629. The van der Waals surface area contributed by atoms with Crippen LogP contribution < -0.4 is 16.0 Å². The zero-order chi connectivity index (χ0) is 36.0.